The van der Waals surface area contributed by atoms with Crippen LogP contribution >= 0.6 is 39.1 Å². The standard InChI is InChI=1S/C24H29BrCl2N2O3/c1-14-9-19(10-15(2)22(14)25)32-13-21(30)29(16(3)23(31)28-24(4,5)6)12-17-7-8-18(26)11-20(17)27/h7-11,16H,12-13H2,1-6H3,(H,28,31). The smallest absolute Gasteiger partial charge is 0.261 e. The summed E-state index contributed by atoms with van der Waals surface area (Å²) in [6.45, 7) is 11.2. The Balaban J connectivity index is 2.25. The van der Waals surface area contributed by atoms with E-state index in [-0.39, 0.29) is 25.0 Å². The number of nitrogens with one attached hydrogen (secondary N) is 1. The number of carbonyl (C=O) groups excluding carboxylic acids is 2. The molecule has 0 saturated heterocycles. The van der Waals surface area contributed by atoms with Crippen molar-refractivity contribution in [3.05, 3.63) is 61.5 Å². The fourth-order valence-corrected chi connectivity index (χ4v) is 3.80. The molecule has 1 atom stereocenters. The molecule has 5 nitrogen and oxygen atoms in total. The minimum Gasteiger partial charge on any atom is -0.484 e. The topological polar surface area (TPSA) is 58.6 Å². The van der Waals surface area contributed by atoms with Gasteiger partial charge in [-0.2, -0.15) is 0 Å². The number of rotatable bonds is 7. The van der Waals surface area contributed by atoms with Gasteiger partial charge in [-0.15, -0.1) is 0 Å². The van der Waals surface area contributed by atoms with Crippen molar-refractivity contribution >= 4 is 50.9 Å². The van der Waals surface area contributed by atoms with E-state index in [1.807, 2.05) is 46.8 Å². The normalized spacial score (nSPS) is 12.3. The number of hydrogen-bond acceptors (Lipinski definition) is 3. The molecular formula is C24H29BrCl2N2O3. The number of amides is 2. The lowest BCUT2D eigenvalue weighted by molar-refractivity contribution is -0.142. The summed E-state index contributed by atoms with van der Waals surface area (Å²) in [6.07, 6.45) is 0. The molecule has 0 radical (unpaired) electrons. The van der Waals surface area contributed by atoms with Crippen molar-refractivity contribution < 1.29 is 14.3 Å². The molecule has 32 heavy (non-hydrogen) atoms. The molecule has 0 spiro atoms. The Morgan fingerprint density at radius 3 is 2.25 bits per heavy atom. The maximum atomic E-state index is 13.2. The third kappa shape index (κ3) is 7.39. The van der Waals surface area contributed by atoms with Crippen molar-refractivity contribution in [2.45, 2.75) is 59.7 Å². The van der Waals surface area contributed by atoms with Crippen LogP contribution in [0.4, 0.5) is 0 Å². The number of benzene rings is 2. The number of carbonyl (C=O) groups is 2. The van der Waals surface area contributed by atoms with Gasteiger partial charge in [0.15, 0.2) is 6.61 Å². The average Bonchev–Trinajstić information content (AvgIpc) is 2.67. The first-order valence-electron chi connectivity index (χ1n) is 10.2. The molecule has 0 aliphatic rings. The first-order chi connectivity index (χ1) is 14.8. The predicted molar refractivity (Wildman–Crippen MR) is 133 cm³/mol. The Kier molecular flexibility index (Phi) is 9.03. The Labute approximate surface area is 208 Å². The molecule has 2 aromatic rings. The van der Waals surface area contributed by atoms with Crippen molar-refractivity contribution in [2.24, 2.45) is 0 Å². The zero-order chi connectivity index (χ0) is 24.2. The summed E-state index contributed by atoms with van der Waals surface area (Å²) in [7, 11) is 0. The number of ether oxygens (including phenoxy) is 1. The summed E-state index contributed by atoms with van der Waals surface area (Å²) in [5, 5.41) is 3.85. The molecule has 2 aromatic carbocycles. The van der Waals surface area contributed by atoms with Crippen LogP contribution in [0.3, 0.4) is 0 Å². The highest BCUT2D eigenvalue weighted by atomic mass is 79.9. The predicted octanol–water partition coefficient (Wildman–Crippen LogP) is 6.08. The molecule has 1 unspecified atom stereocenters. The Morgan fingerprint density at radius 1 is 1.12 bits per heavy atom. The number of halogens is 3. The van der Waals surface area contributed by atoms with Crippen LogP contribution in [-0.4, -0.2) is 34.9 Å². The van der Waals surface area contributed by atoms with Crippen LogP contribution in [0.15, 0.2) is 34.8 Å². The van der Waals surface area contributed by atoms with E-state index in [4.69, 9.17) is 27.9 Å². The van der Waals surface area contributed by atoms with Crippen LogP contribution in [0.5, 0.6) is 5.75 Å². The van der Waals surface area contributed by atoms with Gasteiger partial charge in [-0.3, -0.25) is 9.59 Å². The molecular weight excluding hydrogens is 515 g/mol. The summed E-state index contributed by atoms with van der Waals surface area (Å²) < 4.78 is 6.79. The van der Waals surface area contributed by atoms with E-state index in [9.17, 15) is 9.59 Å². The van der Waals surface area contributed by atoms with Crippen LogP contribution < -0.4 is 10.1 Å². The Hall–Kier alpha value is -1.76. The summed E-state index contributed by atoms with van der Waals surface area (Å²) in [5.74, 6) is 0.00453. The summed E-state index contributed by atoms with van der Waals surface area (Å²) in [4.78, 5) is 27.5. The van der Waals surface area contributed by atoms with E-state index >= 15 is 0 Å². The minimum atomic E-state index is -0.731. The highest BCUT2D eigenvalue weighted by Gasteiger charge is 2.29. The van der Waals surface area contributed by atoms with E-state index in [2.05, 4.69) is 21.2 Å². The monoisotopic (exact) mass is 542 g/mol. The summed E-state index contributed by atoms with van der Waals surface area (Å²) in [5.41, 5.74) is 2.28. The van der Waals surface area contributed by atoms with Crippen LogP contribution in [0.1, 0.15) is 44.4 Å². The molecule has 174 valence electrons. The SMILES string of the molecule is Cc1cc(OCC(=O)N(Cc2ccc(Cl)cc2Cl)C(C)C(=O)NC(C)(C)C)cc(C)c1Br. The molecule has 2 rings (SSSR count). The minimum absolute atomic E-state index is 0.148. The maximum absolute atomic E-state index is 13.2. The molecule has 1 N–H and O–H groups in total. The highest BCUT2D eigenvalue weighted by Crippen LogP contribution is 2.27. The van der Waals surface area contributed by atoms with E-state index < -0.39 is 11.6 Å². The second kappa shape index (κ2) is 10.9. The Bertz CT molecular complexity index is 982. The van der Waals surface area contributed by atoms with Crippen molar-refractivity contribution in [3.63, 3.8) is 0 Å². The number of aryl methyl sites for hydroxylation is 2. The van der Waals surface area contributed by atoms with Gasteiger partial charge in [-0.25, -0.2) is 0 Å². The number of nitrogens with zero attached hydrogens (tertiary/aromatic N) is 1. The third-order valence-electron chi connectivity index (χ3n) is 4.79. The summed E-state index contributed by atoms with van der Waals surface area (Å²) in [6, 6.07) is 8.06. The highest BCUT2D eigenvalue weighted by molar-refractivity contribution is 9.10. The molecule has 0 aliphatic carbocycles. The average molecular weight is 544 g/mol. The second-order valence-corrected chi connectivity index (χ2v) is 10.5. The van der Waals surface area contributed by atoms with E-state index in [1.165, 1.54) is 4.90 Å². The quantitative estimate of drug-likeness (QED) is 0.460. The molecule has 0 heterocycles. The lowest BCUT2D eigenvalue weighted by Crippen LogP contribution is -2.53. The first-order valence-corrected chi connectivity index (χ1v) is 11.8. The van der Waals surface area contributed by atoms with Crippen molar-refractivity contribution in [1.82, 2.24) is 10.2 Å². The van der Waals surface area contributed by atoms with Gasteiger partial charge < -0.3 is 15.0 Å². The van der Waals surface area contributed by atoms with Crippen LogP contribution in [0.25, 0.3) is 0 Å². The zero-order valence-electron chi connectivity index (χ0n) is 19.2. The molecule has 0 saturated carbocycles. The molecule has 8 heteroatoms. The molecule has 0 aliphatic heterocycles. The molecule has 0 aromatic heterocycles. The van der Waals surface area contributed by atoms with Gasteiger partial charge in [0.2, 0.25) is 5.91 Å². The lowest BCUT2D eigenvalue weighted by atomic mass is 10.1. The van der Waals surface area contributed by atoms with Gasteiger partial charge in [0.05, 0.1) is 0 Å². The molecule has 0 bridgehead atoms. The second-order valence-electron chi connectivity index (χ2n) is 8.83. The fourth-order valence-electron chi connectivity index (χ4n) is 3.11. The van der Waals surface area contributed by atoms with Gasteiger partial charge in [-0.1, -0.05) is 45.2 Å². The third-order valence-corrected chi connectivity index (χ3v) is 6.63. The number of hydrogen-bond donors (Lipinski definition) is 1. The molecule has 0 fully saturated rings. The van der Waals surface area contributed by atoms with Gasteiger partial charge >= 0.3 is 0 Å². The Morgan fingerprint density at radius 2 is 1.72 bits per heavy atom. The summed E-state index contributed by atoms with van der Waals surface area (Å²) >= 11 is 15.9. The van der Waals surface area contributed by atoms with Crippen molar-refractivity contribution in [2.75, 3.05) is 6.61 Å². The van der Waals surface area contributed by atoms with Crippen LogP contribution in [0.2, 0.25) is 10.0 Å². The fraction of sp³-hybridized carbons (Fsp3) is 0.417. The molecule has 2 amide bonds. The van der Waals surface area contributed by atoms with Crippen LogP contribution in [-0.2, 0) is 16.1 Å². The van der Waals surface area contributed by atoms with E-state index in [0.29, 0.717) is 21.4 Å². The van der Waals surface area contributed by atoms with Gasteiger partial charge in [0.25, 0.3) is 5.91 Å². The first kappa shape index (κ1) is 26.5. The van der Waals surface area contributed by atoms with Gasteiger partial charge in [-0.05, 0) is 82.5 Å². The van der Waals surface area contributed by atoms with Gasteiger partial charge in [0.1, 0.15) is 11.8 Å². The zero-order valence-corrected chi connectivity index (χ0v) is 22.3. The van der Waals surface area contributed by atoms with E-state index in [0.717, 1.165) is 15.6 Å². The lowest BCUT2D eigenvalue weighted by Gasteiger charge is -2.31. The van der Waals surface area contributed by atoms with Gasteiger partial charge in [0, 0.05) is 26.6 Å². The maximum Gasteiger partial charge on any atom is 0.261 e. The van der Waals surface area contributed by atoms with Crippen molar-refractivity contribution in [1.29, 1.82) is 0 Å². The van der Waals surface area contributed by atoms with Crippen LogP contribution in [0, 0.1) is 13.8 Å². The van der Waals surface area contributed by atoms with E-state index in [1.54, 1.807) is 25.1 Å². The van der Waals surface area contributed by atoms with Crippen molar-refractivity contribution in [3.8, 4) is 5.75 Å². The largest absolute Gasteiger partial charge is 0.484 e.